The van der Waals surface area contributed by atoms with Crippen molar-refractivity contribution in [2.45, 2.75) is 40.0 Å². The average molecular weight is 382 g/mol. The van der Waals surface area contributed by atoms with Crippen molar-refractivity contribution < 1.29 is 4.79 Å². The van der Waals surface area contributed by atoms with E-state index < -0.39 is 0 Å². The van der Waals surface area contributed by atoms with Crippen molar-refractivity contribution >= 4 is 22.9 Å². The zero-order chi connectivity index (χ0) is 19.0. The summed E-state index contributed by atoms with van der Waals surface area (Å²) < 4.78 is 1.57. The number of carbonyl (C=O) groups excluding carboxylic acids is 1. The second-order valence-corrected chi connectivity index (χ2v) is 9.20. The molecule has 4 rings (SSSR count). The van der Waals surface area contributed by atoms with Gasteiger partial charge in [-0.3, -0.25) is 4.79 Å². The van der Waals surface area contributed by atoms with Gasteiger partial charge in [0.1, 0.15) is 12.7 Å². The summed E-state index contributed by atoms with van der Waals surface area (Å²) >= 11 is 1.62. The van der Waals surface area contributed by atoms with E-state index in [1.807, 2.05) is 6.07 Å². The van der Waals surface area contributed by atoms with E-state index in [2.05, 4.69) is 47.2 Å². The molecule has 1 unspecified atom stereocenters. The van der Waals surface area contributed by atoms with E-state index in [4.69, 9.17) is 0 Å². The maximum Gasteiger partial charge on any atom is 0.265 e. The Morgan fingerprint density at radius 3 is 2.85 bits per heavy atom. The number of anilines is 1. The number of nitrogens with zero attached hydrogens (tertiary/aromatic N) is 4. The Kier molecular flexibility index (Phi) is 4.55. The van der Waals surface area contributed by atoms with E-state index >= 15 is 0 Å². The SMILES string of the molecule is CC(C)(C)C1CCc2sc(C(=O)Nc3ccc(-n4cncn4)nc3)cc2C1. The molecule has 0 aromatic carbocycles. The Hall–Kier alpha value is -2.54. The number of carbonyl (C=O) groups is 1. The molecule has 1 aliphatic rings. The quantitative estimate of drug-likeness (QED) is 0.740. The van der Waals surface area contributed by atoms with E-state index in [9.17, 15) is 4.79 Å². The van der Waals surface area contributed by atoms with Gasteiger partial charge in [-0.15, -0.1) is 11.3 Å². The van der Waals surface area contributed by atoms with Crippen LogP contribution in [0, 0.1) is 11.3 Å². The van der Waals surface area contributed by atoms with E-state index in [-0.39, 0.29) is 5.91 Å². The number of aryl methyl sites for hydroxylation is 1. The lowest BCUT2D eigenvalue weighted by Gasteiger charge is -2.33. The van der Waals surface area contributed by atoms with Crippen molar-refractivity contribution in [3.8, 4) is 5.82 Å². The first-order valence-electron chi connectivity index (χ1n) is 9.14. The fourth-order valence-corrected chi connectivity index (χ4v) is 4.59. The number of rotatable bonds is 3. The summed E-state index contributed by atoms with van der Waals surface area (Å²) in [6.45, 7) is 6.91. The van der Waals surface area contributed by atoms with Gasteiger partial charge in [-0.2, -0.15) is 5.10 Å². The van der Waals surface area contributed by atoms with E-state index in [0.29, 0.717) is 22.8 Å². The summed E-state index contributed by atoms with van der Waals surface area (Å²) in [4.78, 5) is 23.0. The minimum atomic E-state index is -0.0722. The molecule has 0 spiro atoms. The fraction of sp³-hybridized carbons (Fsp3) is 0.400. The summed E-state index contributed by atoms with van der Waals surface area (Å²) in [5.74, 6) is 1.26. The number of aromatic nitrogens is 4. The van der Waals surface area contributed by atoms with Crippen LogP contribution in [0.4, 0.5) is 5.69 Å². The van der Waals surface area contributed by atoms with Crippen LogP contribution in [0.1, 0.15) is 47.3 Å². The third-order valence-electron chi connectivity index (χ3n) is 5.19. The molecule has 27 heavy (non-hydrogen) atoms. The van der Waals surface area contributed by atoms with Crippen molar-refractivity contribution in [3.63, 3.8) is 0 Å². The van der Waals surface area contributed by atoms with Gasteiger partial charge < -0.3 is 5.32 Å². The monoisotopic (exact) mass is 381 g/mol. The Morgan fingerprint density at radius 2 is 2.19 bits per heavy atom. The summed E-state index contributed by atoms with van der Waals surface area (Å²) in [6.07, 6.45) is 8.02. The zero-order valence-electron chi connectivity index (χ0n) is 15.8. The Labute approximate surface area is 162 Å². The molecule has 6 nitrogen and oxygen atoms in total. The molecule has 0 fully saturated rings. The molecular formula is C20H23N5OS. The molecule has 0 aliphatic heterocycles. The van der Waals surface area contributed by atoms with Gasteiger partial charge in [-0.05, 0) is 54.4 Å². The molecule has 0 bridgehead atoms. The molecule has 0 radical (unpaired) electrons. The summed E-state index contributed by atoms with van der Waals surface area (Å²) in [7, 11) is 0. The molecule has 0 saturated carbocycles. The van der Waals surface area contributed by atoms with Crippen LogP contribution in [0.2, 0.25) is 0 Å². The lowest BCUT2D eigenvalue weighted by Crippen LogP contribution is -2.26. The van der Waals surface area contributed by atoms with Crippen molar-refractivity contribution in [2.24, 2.45) is 11.3 Å². The number of amides is 1. The highest BCUT2D eigenvalue weighted by Crippen LogP contribution is 2.40. The zero-order valence-corrected chi connectivity index (χ0v) is 16.6. The molecule has 3 heterocycles. The van der Waals surface area contributed by atoms with E-state index in [1.165, 1.54) is 23.2 Å². The average Bonchev–Trinajstić information content (AvgIpc) is 3.30. The molecule has 1 amide bonds. The van der Waals surface area contributed by atoms with Gasteiger partial charge in [0.2, 0.25) is 0 Å². The van der Waals surface area contributed by atoms with Gasteiger partial charge in [0.15, 0.2) is 5.82 Å². The second kappa shape index (κ2) is 6.88. The molecule has 0 saturated heterocycles. The smallest absolute Gasteiger partial charge is 0.265 e. The summed E-state index contributed by atoms with van der Waals surface area (Å²) in [6, 6.07) is 5.70. The third-order valence-corrected chi connectivity index (χ3v) is 6.43. The number of nitrogens with one attached hydrogen (secondary N) is 1. The topological polar surface area (TPSA) is 72.7 Å². The highest BCUT2D eigenvalue weighted by Gasteiger charge is 2.30. The maximum absolute atomic E-state index is 12.7. The minimum absolute atomic E-state index is 0.0722. The maximum atomic E-state index is 12.7. The number of thiophene rings is 1. The minimum Gasteiger partial charge on any atom is -0.320 e. The van der Waals surface area contributed by atoms with Gasteiger partial charge in [0.25, 0.3) is 5.91 Å². The lowest BCUT2D eigenvalue weighted by atomic mass is 9.72. The van der Waals surface area contributed by atoms with Crippen LogP contribution in [-0.4, -0.2) is 25.7 Å². The fourth-order valence-electron chi connectivity index (χ4n) is 3.49. The van der Waals surface area contributed by atoms with Gasteiger partial charge >= 0.3 is 0 Å². The first kappa shape index (κ1) is 17.9. The van der Waals surface area contributed by atoms with Gasteiger partial charge in [-0.1, -0.05) is 20.8 Å². The van der Waals surface area contributed by atoms with E-state index in [0.717, 1.165) is 17.7 Å². The molecule has 7 heteroatoms. The van der Waals surface area contributed by atoms with Crippen LogP contribution in [0.15, 0.2) is 37.1 Å². The normalized spacial score (nSPS) is 16.8. The van der Waals surface area contributed by atoms with Gasteiger partial charge in [-0.25, -0.2) is 14.6 Å². The molecule has 1 aliphatic carbocycles. The Balaban J connectivity index is 1.46. The number of hydrogen-bond donors (Lipinski definition) is 1. The predicted molar refractivity (Wildman–Crippen MR) is 106 cm³/mol. The Bertz CT molecular complexity index is 938. The van der Waals surface area contributed by atoms with Crippen LogP contribution in [0.5, 0.6) is 0 Å². The molecule has 3 aromatic heterocycles. The second-order valence-electron chi connectivity index (χ2n) is 8.06. The largest absolute Gasteiger partial charge is 0.320 e. The molecular weight excluding hydrogens is 358 g/mol. The standard InChI is InChI=1S/C20H23N5OS/c1-20(2,3)14-4-6-16-13(8-14)9-17(27-16)19(26)24-15-5-7-18(22-10-15)25-12-21-11-23-25/h5,7,9-12,14H,4,6,8H2,1-3H3,(H,24,26). The number of hydrogen-bond acceptors (Lipinski definition) is 5. The van der Waals surface area contributed by atoms with Crippen molar-refractivity contribution in [3.05, 3.63) is 52.4 Å². The van der Waals surface area contributed by atoms with Crippen LogP contribution in [-0.2, 0) is 12.8 Å². The highest BCUT2D eigenvalue weighted by molar-refractivity contribution is 7.14. The van der Waals surface area contributed by atoms with Gasteiger partial charge in [0.05, 0.1) is 16.8 Å². The van der Waals surface area contributed by atoms with E-state index in [1.54, 1.807) is 34.6 Å². The van der Waals surface area contributed by atoms with Crippen molar-refractivity contribution in [1.29, 1.82) is 0 Å². The van der Waals surface area contributed by atoms with Crippen LogP contribution < -0.4 is 5.32 Å². The Morgan fingerprint density at radius 1 is 1.33 bits per heavy atom. The third kappa shape index (κ3) is 3.78. The first-order chi connectivity index (χ1) is 12.9. The van der Waals surface area contributed by atoms with Crippen LogP contribution >= 0.6 is 11.3 Å². The van der Waals surface area contributed by atoms with Crippen LogP contribution in [0.25, 0.3) is 5.82 Å². The van der Waals surface area contributed by atoms with Crippen molar-refractivity contribution in [2.75, 3.05) is 5.32 Å². The summed E-state index contributed by atoms with van der Waals surface area (Å²) in [5.41, 5.74) is 2.32. The molecule has 1 atom stereocenters. The molecule has 140 valence electrons. The highest BCUT2D eigenvalue weighted by atomic mass is 32.1. The number of fused-ring (bicyclic) bond motifs is 1. The summed E-state index contributed by atoms with van der Waals surface area (Å²) in [5, 5.41) is 6.99. The lowest BCUT2D eigenvalue weighted by molar-refractivity contribution is 0.103. The number of pyridine rings is 1. The van der Waals surface area contributed by atoms with Crippen molar-refractivity contribution in [1.82, 2.24) is 19.7 Å². The molecule has 3 aromatic rings. The molecule has 1 N–H and O–H groups in total. The predicted octanol–water partition coefficient (Wildman–Crippen LogP) is 4.13. The first-order valence-corrected chi connectivity index (χ1v) is 9.96. The van der Waals surface area contributed by atoms with Gasteiger partial charge in [0, 0.05) is 4.88 Å². The van der Waals surface area contributed by atoms with Crippen LogP contribution in [0.3, 0.4) is 0 Å².